The fourth-order valence-electron chi connectivity index (χ4n) is 3.87. The summed E-state index contributed by atoms with van der Waals surface area (Å²) in [5.74, 6) is 0.347. The van der Waals surface area contributed by atoms with Gasteiger partial charge in [0.1, 0.15) is 0 Å². The Labute approximate surface area is 165 Å². The van der Waals surface area contributed by atoms with Gasteiger partial charge in [0, 0.05) is 35.2 Å². The van der Waals surface area contributed by atoms with Gasteiger partial charge in [-0.1, -0.05) is 19.0 Å². The fraction of sp³-hybridized carbons (Fsp3) is 0.409. The second-order valence-electron chi connectivity index (χ2n) is 7.56. The molecule has 1 aliphatic rings. The van der Waals surface area contributed by atoms with Crippen LogP contribution in [0.1, 0.15) is 72.4 Å². The minimum atomic E-state index is -0.644. The Kier molecular flexibility index (Phi) is 5.68. The number of nitrogens with zero attached hydrogens (tertiary/aromatic N) is 2. The first-order valence-electron chi connectivity index (χ1n) is 9.63. The maximum Gasteiger partial charge on any atom is 0.437 e. The number of hydrogen-bond acceptors (Lipinski definition) is 4. The number of oxime groups is 1. The average Bonchev–Trinajstić information content (AvgIpc) is 2.92. The van der Waals surface area contributed by atoms with Crippen LogP contribution in [0.4, 0.5) is 10.5 Å². The third-order valence-corrected chi connectivity index (χ3v) is 5.33. The number of nitrogens with one attached hydrogen (secondary N) is 1. The lowest BCUT2D eigenvalue weighted by molar-refractivity contribution is 0.101. The molecule has 0 bridgehead atoms. The molecule has 1 aromatic heterocycles. The van der Waals surface area contributed by atoms with E-state index in [9.17, 15) is 9.59 Å². The largest absolute Gasteiger partial charge is 0.437 e. The van der Waals surface area contributed by atoms with E-state index in [0.29, 0.717) is 17.2 Å². The van der Waals surface area contributed by atoms with Crippen LogP contribution < -0.4 is 5.32 Å². The van der Waals surface area contributed by atoms with Crippen molar-refractivity contribution >= 4 is 23.3 Å². The Morgan fingerprint density at radius 1 is 1.18 bits per heavy atom. The summed E-state index contributed by atoms with van der Waals surface area (Å²) in [6.45, 7) is 7.98. The van der Waals surface area contributed by atoms with Gasteiger partial charge in [-0.05, 0) is 68.9 Å². The number of carbonyl (C=O) groups excluding carboxylic acids is 2. The molecule has 0 aliphatic heterocycles. The Morgan fingerprint density at radius 3 is 2.46 bits per heavy atom. The number of amides is 1. The molecule has 28 heavy (non-hydrogen) atoms. The lowest BCUT2D eigenvalue weighted by Gasteiger charge is -2.17. The van der Waals surface area contributed by atoms with Gasteiger partial charge < -0.3 is 4.57 Å². The number of rotatable bonds is 4. The standard InChI is InChI=1S/C22H27N3O3/c1-13(2)20-14(3)25(5)19-8-6-7-18(21(19)20)24-28-22(27)23-17-11-9-16(10-12-17)15(4)26/h9-13H,6-8H2,1-5H3,(H,23,27)/b24-18+. The van der Waals surface area contributed by atoms with Gasteiger partial charge in [0.25, 0.3) is 0 Å². The zero-order valence-electron chi connectivity index (χ0n) is 17.1. The molecule has 0 saturated heterocycles. The lowest BCUT2D eigenvalue weighted by atomic mass is 9.88. The van der Waals surface area contributed by atoms with E-state index in [2.05, 4.69) is 42.9 Å². The molecule has 1 aliphatic carbocycles. The van der Waals surface area contributed by atoms with Crippen LogP contribution in [0.15, 0.2) is 29.4 Å². The van der Waals surface area contributed by atoms with Crippen molar-refractivity contribution in [3.8, 4) is 0 Å². The lowest BCUT2D eigenvalue weighted by Crippen LogP contribution is -2.17. The second kappa shape index (κ2) is 8.00. The van der Waals surface area contributed by atoms with Crippen molar-refractivity contribution in [2.45, 2.75) is 52.9 Å². The van der Waals surface area contributed by atoms with E-state index in [-0.39, 0.29) is 5.78 Å². The van der Waals surface area contributed by atoms with Crippen LogP contribution in [0, 0.1) is 6.92 Å². The number of benzene rings is 1. The maximum absolute atomic E-state index is 12.2. The Hall–Kier alpha value is -2.89. The van der Waals surface area contributed by atoms with E-state index in [4.69, 9.17) is 4.84 Å². The molecular weight excluding hydrogens is 354 g/mol. The van der Waals surface area contributed by atoms with Gasteiger partial charge in [-0.25, -0.2) is 4.79 Å². The predicted molar refractivity (Wildman–Crippen MR) is 110 cm³/mol. The maximum atomic E-state index is 12.2. The Morgan fingerprint density at radius 2 is 1.86 bits per heavy atom. The van der Waals surface area contributed by atoms with Crippen molar-refractivity contribution < 1.29 is 14.4 Å². The number of aromatic nitrogens is 1. The van der Waals surface area contributed by atoms with E-state index in [1.54, 1.807) is 24.3 Å². The zero-order valence-corrected chi connectivity index (χ0v) is 17.1. The molecule has 3 rings (SSSR count). The second-order valence-corrected chi connectivity index (χ2v) is 7.56. The van der Waals surface area contributed by atoms with Crippen molar-refractivity contribution in [1.29, 1.82) is 0 Å². The SMILES string of the molecule is CC(=O)c1ccc(NC(=O)O/N=C2\CCCc3c2c(C(C)C)c(C)n3C)cc1. The molecule has 1 amide bonds. The molecule has 1 aromatic carbocycles. The van der Waals surface area contributed by atoms with Crippen molar-refractivity contribution in [3.63, 3.8) is 0 Å². The number of hydrogen-bond donors (Lipinski definition) is 1. The van der Waals surface area contributed by atoms with Gasteiger partial charge in [0.05, 0.1) is 5.71 Å². The van der Waals surface area contributed by atoms with Crippen LogP contribution in [-0.4, -0.2) is 22.2 Å². The molecule has 148 valence electrons. The number of carbonyl (C=O) groups is 2. The molecule has 0 unspecified atom stereocenters. The molecule has 0 fully saturated rings. The van der Waals surface area contributed by atoms with Crippen LogP contribution in [0.25, 0.3) is 0 Å². The topological polar surface area (TPSA) is 72.7 Å². The van der Waals surface area contributed by atoms with Crippen molar-refractivity contribution in [1.82, 2.24) is 4.57 Å². The van der Waals surface area contributed by atoms with Crippen LogP contribution in [0.5, 0.6) is 0 Å². The van der Waals surface area contributed by atoms with E-state index < -0.39 is 6.09 Å². The summed E-state index contributed by atoms with van der Waals surface area (Å²) in [6, 6.07) is 6.67. The first-order chi connectivity index (χ1) is 13.3. The summed E-state index contributed by atoms with van der Waals surface area (Å²) < 4.78 is 2.23. The first-order valence-corrected chi connectivity index (χ1v) is 9.63. The highest BCUT2D eigenvalue weighted by Crippen LogP contribution is 2.34. The van der Waals surface area contributed by atoms with Gasteiger partial charge in [0.15, 0.2) is 5.78 Å². The molecule has 2 aromatic rings. The monoisotopic (exact) mass is 381 g/mol. The molecule has 0 spiro atoms. The molecule has 6 heteroatoms. The zero-order chi connectivity index (χ0) is 20.4. The van der Waals surface area contributed by atoms with Crippen molar-refractivity contribution in [3.05, 3.63) is 52.3 Å². The Balaban J connectivity index is 1.78. The molecular formula is C22H27N3O3. The Bertz CT molecular complexity index is 937. The van der Waals surface area contributed by atoms with E-state index in [0.717, 1.165) is 30.5 Å². The number of fused-ring (bicyclic) bond motifs is 1. The quantitative estimate of drug-likeness (QED) is 0.463. The van der Waals surface area contributed by atoms with Gasteiger partial charge in [-0.2, -0.15) is 0 Å². The van der Waals surface area contributed by atoms with Crippen LogP contribution >= 0.6 is 0 Å². The van der Waals surface area contributed by atoms with E-state index in [1.165, 1.54) is 23.9 Å². The highest BCUT2D eigenvalue weighted by Gasteiger charge is 2.27. The molecule has 0 radical (unpaired) electrons. The minimum absolute atomic E-state index is 0.0206. The van der Waals surface area contributed by atoms with E-state index >= 15 is 0 Å². The molecule has 1 heterocycles. The average molecular weight is 381 g/mol. The molecule has 0 atom stereocenters. The summed E-state index contributed by atoms with van der Waals surface area (Å²) in [6.07, 6.45) is 2.14. The summed E-state index contributed by atoms with van der Waals surface area (Å²) >= 11 is 0. The van der Waals surface area contributed by atoms with Crippen molar-refractivity contribution in [2.24, 2.45) is 12.2 Å². The summed E-state index contributed by atoms with van der Waals surface area (Å²) in [4.78, 5) is 28.7. The van der Waals surface area contributed by atoms with Gasteiger partial charge >= 0.3 is 6.09 Å². The molecule has 6 nitrogen and oxygen atoms in total. The van der Waals surface area contributed by atoms with Gasteiger partial charge in [-0.15, -0.1) is 0 Å². The smallest absolute Gasteiger partial charge is 0.351 e. The third kappa shape index (κ3) is 3.86. The predicted octanol–water partition coefficient (Wildman–Crippen LogP) is 4.95. The summed E-state index contributed by atoms with van der Waals surface area (Å²) in [7, 11) is 2.08. The highest BCUT2D eigenvalue weighted by molar-refractivity contribution is 6.04. The number of ketones is 1. The van der Waals surface area contributed by atoms with Crippen LogP contribution in [-0.2, 0) is 18.3 Å². The number of Topliss-reactive ketones (excluding diaryl/α,β-unsaturated/α-hetero) is 1. The number of anilines is 1. The summed E-state index contributed by atoms with van der Waals surface area (Å²) in [5.41, 5.74) is 6.89. The van der Waals surface area contributed by atoms with Gasteiger partial charge in [-0.3, -0.25) is 14.9 Å². The fourth-order valence-corrected chi connectivity index (χ4v) is 3.87. The van der Waals surface area contributed by atoms with Crippen LogP contribution in [0.2, 0.25) is 0 Å². The third-order valence-electron chi connectivity index (χ3n) is 5.33. The molecule has 0 saturated carbocycles. The van der Waals surface area contributed by atoms with Gasteiger partial charge in [0.2, 0.25) is 0 Å². The normalized spacial score (nSPS) is 14.9. The highest BCUT2D eigenvalue weighted by atomic mass is 16.7. The summed E-state index contributed by atoms with van der Waals surface area (Å²) in [5, 5.41) is 6.84. The van der Waals surface area contributed by atoms with E-state index in [1.807, 2.05) is 0 Å². The molecule has 1 N–H and O–H groups in total. The minimum Gasteiger partial charge on any atom is -0.351 e. The first kappa shape index (κ1) is 19.9. The van der Waals surface area contributed by atoms with Crippen LogP contribution in [0.3, 0.4) is 0 Å². The van der Waals surface area contributed by atoms with Crippen molar-refractivity contribution in [2.75, 3.05) is 5.32 Å².